The Hall–Kier alpha value is -0.360. The van der Waals surface area contributed by atoms with Gasteiger partial charge in [-0.05, 0) is 41.6 Å². The van der Waals surface area contributed by atoms with Gasteiger partial charge in [0, 0.05) is 17.3 Å². The van der Waals surface area contributed by atoms with Crippen LogP contribution in [0.4, 0.5) is 0 Å². The van der Waals surface area contributed by atoms with Gasteiger partial charge in [0.05, 0.1) is 16.9 Å². The molecule has 0 radical (unpaired) electrons. The van der Waals surface area contributed by atoms with Crippen molar-refractivity contribution in [2.75, 3.05) is 6.26 Å². The van der Waals surface area contributed by atoms with Crippen LogP contribution in [-0.2, 0) is 19.6 Å². The quantitative estimate of drug-likeness (QED) is 0.320. The topological polar surface area (TPSA) is 126 Å². The SMILES string of the molecule is CSc1ccc(-c2ccc(S(=O)(=O)N[C@@H](CC(=O)[O-])C(=O)[O-])cc2)cc1.[Na+].[Na+]. The van der Waals surface area contributed by atoms with Gasteiger partial charge < -0.3 is 19.8 Å². The fourth-order valence-electron chi connectivity index (χ4n) is 2.21. The molecule has 2 rings (SSSR count). The summed E-state index contributed by atoms with van der Waals surface area (Å²) in [7, 11) is -4.23. The minimum absolute atomic E-state index is 0. The smallest absolute Gasteiger partial charge is 0.550 e. The molecule has 0 aliphatic heterocycles. The fourth-order valence-corrected chi connectivity index (χ4v) is 3.80. The molecule has 0 unspecified atom stereocenters. The van der Waals surface area contributed by atoms with Crippen LogP contribution in [0.2, 0.25) is 0 Å². The molecule has 2 aromatic carbocycles. The van der Waals surface area contributed by atoms with Gasteiger partial charge >= 0.3 is 59.1 Å². The zero-order chi connectivity index (χ0) is 19.3. The van der Waals surface area contributed by atoms with E-state index >= 15 is 0 Å². The number of nitrogens with one attached hydrogen (secondary N) is 1. The molecule has 0 bridgehead atoms. The summed E-state index contributed by atoms with van der Waals surface area (Å²) in [6, 6.07) is 11.6. The summed E-state index contributed by atoms with van der Waals surface area (Å²) in [6.45, 7) is 0. The molecule has 0 saturated carbocycles. The number of carbonyl (C=O) groups is 2. The zero-order valence-corrected chi connectivity index (χ0v) is 21.3. The molecule has 0 aliphatic carbocycles. The Morgan fingerprint density at radius 2 is 1.43 bits per heavy atom. The average Bonchev–Trinajstić information content (AvgIpc) is 2.61. The summed E-state index contributed by atoms with van der Waals surface area (Å²) in [5.74, 6) is -3.55. The summed E-state index contributed by atoms with van der Waals surface area (Å²) in [4.78, 5) is 22.4. The minimum atomic E-state index is -4.23. The van der Waals surface area contributed by atoms with Gasteiger partial charge in [-0.1, -0.05) is 24.3 Å². The van der Waals surface area contributed by atoms with Gasteiger partial charge in [0.15, 0.2) is 0 Å². The maximum Gasteiger partial charge on any atom is 1.00 e. The summed E-state index contributed by atoms with van der Waals surface area (Å²) >= 11 is 1.60. The number of thioether (sulfide) groups is 1. The molecule has 0 aliphatic rings. The van der Waals surface area contributed by atoms with Crippen molar-refractivity contribution in [1.82, 2.24) is 4.72 Å². The van der Waals surface area contributed by atoms with Gasteiger partial charge in [-0.15, -0.1) is 11.8 Å². The molecule has 0 spiro atoms. The molecule has 0 fully saturated rings. The normalized spacial score (nSPS) is 11.6. The maximum absolute atomic E-state index is 12.2. The second kappa shape index (κ2) is 12.4. The van der Waals surface area contributed by atoms with Crippen molar-refractivity contribution in [1.29, 1.82) is 0 Å². The third-order valence-corrected chi connectivity index (χ3v) is 5.77. The molecule has 11 heteroatoms. The summed E-state index contributed by atoms with van der Waals surface area (Å²) in [6.07, 6.45) is 0.934. The number of hydrogen-bond donors (Lipinski definition) is 1. The third kappa shape index (κ3) is 7.81. The first kappa shape index (κ1) is 27.6. The number of benzene rings is 2. The van der Waals surface area contributed by atoms with E-state index in [1.807, 2.05) is 30.5 Å². The summed E-state index contributed by atoms with van der Waals surface area (Å²) in [5, 5.41) is 21.4. The Morgan fingerprint density at radius 3 is 1.82 bits per heavy atom. The summed E-state index contributed by atoms with van der Waals surface area (Å²) in [5.41, 5.74) is 1.67. The van der Waals surface area contributed by atoms with Crippen LogP contribution in [0.5, 0.6) is 0 Å². The van der Waals surface area contributed by atoms with E-state index in [1.165, 1.54) is 12.1 Å². The zero-order valence-electron chi connectivity index (χ0n) is 15.7. The van der Waals surface area contributed by atoms with E-state index in [-0.39, 0.29) is 64.0 Å². The first-order chi connectivity index (χ1) is 12.2. The molecular weight excluding hydrogens is 424 g/mol. The van der Waals surface area contributed by atoms with E-state index in [9.17, 15) is 28.2 Å². The molecule has 2 aromatic rings. The Balaban J connectivity index is 0.00000364. The molecule has 138 valence electrons. The van der Waals surface area contributed by atoms with Crippen molar-refractivity contribution in [3.05, 3.63) is 48.5 Å². The second-order valence-electron chi connectivity index (χ2n) is 5.32. The number of carboxylic acid groups (broad SMARTS) is 2. The van der Waals surface area contributed by atoms with Crippen LogP contribution in [0.1, 0.15) is 6.42 Å². The minimum Gasteiger partial charge on any atom is -0.550 e. The molecule has 1 atom stereocenters. The predicted octanol–water partition coefficient (Wildman–Crippen LogP) is -6.38. The molecule has 0 aromatic heterocycles. The predicted molar refractivity (Wildman–Crippen MR) is 92.4 cm³/mol. The average molecular weight is 439 g/mol. The van der Waals surface area contributed by atoms with Gasteiger partial charge in [-0.2, -0.15) is 0 Å². The van der Waals surface area contributed by atoms with Gasteiger partial charge in [0.2, 0.25) is 10.0 Å². The van der Waals surface area contributed by atoms with Gasteiger partial charge in [-0.3, -0.25) is 0 Å². The van der Waals surface area contributed by atoms with E-state index in [4.69, 9.17) is 0 Å². The van der Waals surface area contributed by atoms with Crippen molar-refractivity contribution >= 4 is 33.7 Å². The first-order valence-electron chi connectivity index (χ1n) is 7.40. The number of rotatable bonds is 8. The maximum atomic E-state index is 12.2. The Morgan fingerprint density at radius 1 is 0.964 bits per heavy atom. The number of hydrogen-bond acceptors (Lipinski definition) is 7. The van der Waals surface area contributed by atoms with Crippen molar-refractivity contribution < 1.29 is 87.3 Å². The van der Waals surface area contributed by atoms with Crippen LogP contribution in [0, 0.1) is 0 Å². The molecule has 28 heavy (non-hydrogen) atoms. The number of carboxylic acids is 2. The van der Waals surface area contributed by atoms with Crippen LogP contribution in [-0.4, -0.2) is 32.7 Å². The largest absolute Gasteiger partial charge is 1.00 e. The van der Waals surface area contributed by atoms with Crippen LogP contribution in [0.25, 0.3) is 11.1 Å². The van der Waals surface area contributed by atoms with Crippen LogP contribution in [0.3, 0.4) is 0 Å². The van der Waals surface area contributed by atoms with E-state index in [0.29, 0.717) is 0 Å². The van der Waals surface area contributed by atoms with E-state index < -0.39 is 34.4 Å². The Bertz CT molecular complexity index is 902. The fraction of sp³-hybridized carbons (Fsp3) is 0.176. The second-order valence-corrected chi connectivity index (χ2v) is 7.92. The molecular formula is C17H15NNa2O6S2. The van der Waals surface area contributed by atoms with Gasteiger partial charge in [-0.25, -0.2) is 13.1 Å². The monoisotopic (exact) mass is 439 g/mol. The standard InChI is InChI=1S/C17H17NO6S2.2Na/c1-25-13-6-2-11(3-7-13)12-4-8-14(9-5-12)26(23,24)18-15(17(21)22)10-16(19)20;;/h2-9,15,18H,10H2,1H3,(H,19,20)(H,21,22);;/q;2*+1/p-2/t15-;;/m0../s1. The molecule has 7 nitrogen and oxygen atoms in total. The Labute approximate surface area is 211 Å². The number of aliphatic carboxylic acids is 2. The Kier molecular flexibility index (Phi) is 12.2. The van der Waals surface area contributed by atoms with Gasteiger partial charge in [0.1, 0.15) is 0 Å². The van der Waals surface area contributed by atoms with Gasteiger partial charge in [0.25, 0.3) is 0 Å². The van der Waals surface area contributed by atoms with Crippen molar-refractivity contribution in [2.45, 2.75) is 22.3 Å². The van der Waals surface area contributed by atoms with Crippen LogP contribution in [0.15, 0.2) is 58.3 Å². The van der Waals surface area contributed by atoms with Crippen molar-refractivity contribution in [3.63, 3.8) is 0 Å². The van der Waals surface area contributed by atoms with Crippen LogP contribution >= 0.6 is 11.8 Å². The molecule has 0 saturated heterocycles. The molecule has 1 N–H and O–H groups in total. The van der Waals surface area contributed by atoms with E-state index in [2.05, 4.69) is 0 Å². The van der Waals surface area contributed by atoms with Crippen molar-refractivity contribution in [2.24, 2.45) is 0 Å². The van der Waals surface area contributed by atoms with E-state index in [1.54, 1.807) is 28.6 Å². The van der Waals surface area contributed by atoms with Crippen LogP contribution < -0.4 is 74.0 Å². The van der Waals surface area contributed by atoms with E-state index in [0.717, 1.165) is 16.0 Å². The third-order valence-electron chi connectivity index (χ3n) is 3.54. The number of sulfonamides is 1. The summed E-state index contributed by atoms with van der Waals surface area (Å²) < 4.78 is 26.3. The molecule has 0 amide bonds. The van der Waals surface area contributed by atoms with Crippen molar-refractivity contribution in [3.8, 4) is 11.1 Å². The molecule has 0 heterocycles. The number of carbonyl (C=O) groups excluding carboxylic acids is 2. The first-order valence-corrected chi connectivity index (χ1v) is 10.1.